The van der Waals surface area contributed by atoms with Crippen LogP contribution in [0.1, 0.15) is 25.7 Å². The molecule has 0 radical (unpaired) electrons. The summed E-state index contributed by atoms with van der Waals surface area (Å²) in [6.07, 6.45) is 3.61. The zero-order valence-corrected chi connectivity index (χ0v) is 8.66. The molecule has 0 aliphatic carbocycles. The van der Waals surface area contributed by atoms with Gasteiger partial charge in [0, 0.05) is 5.75 Å². The van der Waals surface area contributed by atoms with E-state index in [-0.39, 0.29) is 0 Å². The molecule has 0 aliphatic heterocycles. The van der Waals surface area contributed by atoms with E-state index < -0.39 is 6.09 Å². The molecular formula is C7H15NO2S2. The number of amides is 1. The molecule has 0 unspecified atom stereocenters. The van der Waals surface area contributed by atoms with Gasteiger partial charge in [0.25, 0.3) is 0 Å². The van der Waals surface area contributed by atoms with Crippen LogP contribution in [0.2, 0.25) is 0 Å². The van der Waals surface area contributed by atoms with Crippen LogP contribution in [-0.4, -0.2) is 22.7 Å². The first-order chi connectivity index (χ1) is 5.77. The van der Waals surface area contributed by atoms with Gasteiger partial charge in [-0.3, -0.25) is 4.72 Å². The topological polar surface area (TPSA) is 49.3 Å². The summed E-state index contributed by atoms with van der Waals surface area (Å²) >= 11 is 5.35. The van der Waals surface area contributed by atoms with Crippen LogP contribution in [0.25, 0.3) is 0 Å². The van der Waals surface area contributed by atoms with Crippen molar-refractivity contribution in [2.75, 3.05) is 11.5 Å². The highest BCUT2D eigenvalue weighted by molar-refractivity contribution is 7.97. The Labute approximate surface area is 82.8 Å². The highest BCUT2D eigenvalue weighted by Gasteiger charge is 1.93. The second kappa shape index (κ2) is 9.06. The third-order valence-electron chi connectivity index (χ3n) is 1.31. The highest BCUT2D eigenvalue weighted by atomic mass is 32.2. The molecule has 0 atom stereocenters. The summed E-state index contributed by atoms with van der Waals surface area (Å²) in [4.78, 5) is 9.99. The SMILES string of the molecule is O=C(O)NSCCCCCCS. The Morgan fingerprint density at radius 3 is 2.58 bits per heavy atom. The monoisotopic (exact) mass is 209 g/mol. The number of nitrogens with one attached hydrogen (secondary N) is 1. The molecule has 1 amide bonds. The van der Waals surface area contributed by atoms with E-state index in [1.54, 1.807) is 0 Å². The highest BCUT2D eigenvalue weighted by Crippen LogP contribution is 2.05. The second-order valence-electron chi connectivity index (χ2n) is 2.39. The third kappa shape index (κ3) is 9.97. The number of rotatable bonds is 7. The van der Waals surface area contributed by atoms with Crippen LogP contribution < -0.4 is 4.72 Å². The Morgan fingerprint density at radius 2 is 2.00 bits per heavy atom. The predicted molar refractivity (Wildman–Crippen MR) is 55.9 cm³/mol. The van der Waals surface area contributed by atoms with Crippen LogP contribution in [0, 0.1) is 0 Å². The first-order valence-electron chi connectivity index (χ1n) is 3.99. The van der Waals surface area contributed by atoms with Gasteiger partial charge in [-0.25, -0.2) is 4.79 Å². The molecule has 3 nitrogen and oxygen atoms in total. The van der Waals surface area contributed by atoms with E-state index in [1.807, 2.05) is 0 Å². The van der Waals surface area contributed by atoms with Crippen LogP contribution in [0.5, 0.6) is 0 Å². The average Bonchev–Trinajstić information content (AvgIpc) is 2.02. The normalized spacial score (nSPS) is 9.75. The van der Waals surface area contributed by atoms with E-state index in [9.17, 15) is 4.79 Å². The molecule has 0 saturated heterocycles. The number of carbonyl (C=O) groups is 1. The molecule has 0 spiro atoms. The number of hydrogen-bond acceptors (Lipinski definition) is 3. The van der Waals surface area contributed by atoms with Crippen LogP contribution >= 0.6 is 24.6 Å². The predicted octanol–water partition coefficient (Wildman–Crippen LogP) is 2.39. The minimum atomic E-state index is -0.963. The van der Waals surface area contributed by atoms with Crippen molar-refractivity contribution >= 4 is 30.7 Å². The van der Waals surface area contributed by atoms with Crippen LogP contribution in [0.4, 0.5) is 4.79 Å². The van der Waals surface area contributed by atoms with E-state index in [2.05, 4.69) is 17.4 Å². The van der Waals surface area contributed by atoms with Crippen molar-refractivity contribution in [2.45, 2.75) is 25.7 Å². The van der Waals surface area contributed by atoms with Gasteiger partial charge in [-0.15, -0.1) is 0 Å². The summed E-state index contributed by atoms with van der Waals surface area (Å²) < 4.78 is 2.25. The van der Waals surface area contributed by atoms with Gasteiger partial charge in [-0.05, 0) is 30.5 Å². The van der Waals surface area contributed by atoms with E-state index in [0.29, 0.717) is 0 Å². The molecule has 0 bridgehead atoms. The zero-order valence-electron chi connectivity index (χ0n) is 6.95. The first-order valence-corrected chi connectivity index (χ1v) is 5.60. The van der Waals surface area contributed by atoms with Gasteiger partial charge >= 0.3 is 6.09 Å². The van der Waals surface area contributed by atoms with Gasteiger partial charge < -0.3 is 5.11 Å². The molecule has 0 aromatic carbocycles. The summed E-state index contributed by atoms with van der Waals surface area (Å²) in [7, 11) is 0. The molecule has 2 N–H and O–H groups in total. The van der Waals surface area contributed by atoms with Crippen molar-refractivity contribution in [2.24, 2.45) is 0 Å². The van der Waals surface area contributed by atoms with E-state index in [1.165, 1.54) is 18.4 Å². The lowest BCUT2D eigenvalue weighted by atomic mass is 10.2. The van der Waals surface area contributed by atoms with Crippen LogP contribution in [-0.2, 0) is 0 Å². The second-order valence-corrected chi connectivity index (χ2v) is 3.74. The quantitative estimate of drug-likeness (QED) is 0.343. The van der Waals surface area contributed by atoms with Crippen molar-refractivity contribution < 1.29 is 9.90 Å². The minimum absolute atomic E-state index is 0.860. The Hall–Kier alpha value is -0.0300. The molecule has 0 heterocycles. The van der Waals surface area contributed by atoms with Gasteiger partial charge in [0.2, 0.25) is 0 Å². The van der Waals surface area contributed by atoms with Gasteiger partial charge in [0.15, 0.2) is 0 Å². The summed E-state index contributed by atoms with van der Waals surface area (Å²) in [6.45, 7) is 0. The smallest absolute Gasteiger partial charge is 0.414 e. The molecule has 0 rings (SSSR count). The standard InChI is InChI=1S/C7H15NO2S2/c9-7(10)8-12-6-4-2-1-3-5-11/h8,11H,1-6H2,(H,9,10). The van der Waals surface area contributed by atoms with E-state index in [4.69, 9.17) is 5.11 Å². The zero-order chi connectivity index (χ0) is 9.23. The number of unbranched alkanes of at least 4 members (excludes halogenated alkanes) is 3. The minimum Gasteiger partial charge on any atom is -0.464 e. The van der Waals surface area contributed by atoms with Crippen molar-refractivity contribution in [1.29, 1.82) is 0 Å². The van der Waals surface area contributed by atoms with E-state index >= 15 is 0 Å². The van der Waals surface area contributed by atoms with Crippen molar-refractivity contribution in [1.82, 2.24) is 4.72 Å². The molecule has 0 aliphatic rings. The maximum Gasteiger partial charge on any atom is 0.414 e. The number of thiol groups is 1. The van der Waals surface area contributed by atoms with Crippen molar-refractivity contribution in [3.63, 3.8) is 0 Å². The molecule has 0 saturated carbocycles. The molecule has 72 valence electrons. The summed E-state index contributed by atoms with van der Waals surface area (Å²) in [5.74, 6) is 1.80. The molecule has 0 aromatic heterocycles. The first kappa shape index (κ1) is 12.0. The Morgan fingerprint density at radius 1 is 1.33 bits per heavy atom. The Kier molecular flexibility index (Phi) is 9.04. The Bertz CT molecular complexity index is 122. The summed E-state index contributed by atoms with van der Waals surface area (Å²) in [5.41, 5.74) is 0. The third-order valence-corrected chi connectivity index (χ3v) is 2.44. The fraction of sp³-hybridized carbons (Fsp3) is 0.857. The maximum atomic E-state index is 9.99. The molecule has 0 fully saturated rings. The average molecular weight is 209 g/mol. The molecular weight excluding hydrogens is 194 g/mol. The van der Waals surface area contributed by atoms with Gasteiger partial charge in [0.1, 0.15) is 0 Å². The molecule has 12 heavy (non-hydrogen) atoms. The van der Waals surface area contributed by atoms with Crippen molar-refractivity contribution in [3.8, 4) is 0 Å². The lowest BCUT2D eigenvalue weighted by Crippen LogP contribution is -2.12. The van der Waals surface area contributed by atoms with Gasteiger partial charge in [-0.2, -0.15) is 12.6 Å². The molecule has 0 aromatic rings. The largest absolute Gasteiger partial charge is 0.464 e. The fourth-order valence-corrected chi connectivity index (χ4v) is 1.55. The van der Waals surface area contributed by atoms with Crippen LogP contribution in [0.15, 0.2) is 0 Å². The van der Waals surface area contributed by atoms with Gasteiger partial charge in [0.05, 0.1) is 0 Å². The Balaban J connectivity index is 2.86. The number of carboxylic acid groups (broad SMARTS) is 1. The van der Waals surface area contributed by atoms with Gasteiger partial charge in [-0.1, -0.05) is 12.8 Å². The van der Waals surface area contributed by atoms with E-state index in [0.717, 1.165) is 30.8 Å². The van der Waals surface area contributed by atoms with Crippen molar-refractivity contribution in [3.05, 3.63) is 0 Å². The van der Waals surface area contributed by atoms with Crippen LogP contribution in [0.3, 0.4) is 0 Å². The lowest BCUT2D eigenvalue weighted by molar-refractivity contribution is 0.202. The summed E-state index contributed by atoms with van der Waals surface area (Å²) in [6, 6.07) is 0. The maximum absolute atomic E-state index is 9.99. The summed E-state index contributed by atoms with van der Waals surface area (Å²) in [5, 5.41) is 8.21. The fourth-order valence-electron chi connectivity index (χ4n) is 0.752. The molecule has 5 heteroatoms. The number of hydrogen-bond donors (Lipinski definition) is 3. The lowest BCUT2D eigenvalue weighted by Gasteiger charge is -1.99.